The molecule has 4 atom stereocenters. The van der Waals surface area contributed by atoms with Crippen molar-refractivity contribution in [2.24, 2.45) is 58.7 Å². The summed E-state index contributed by atoms with van der Waals surface area (Å²) in [6.07, 6.45) is 32.2. The molecule has 140 heavy (non-hydrogen) atoms. The number of sulfonamides is 5. The number of ether oxygens (including phenoxy) is 2. The number of fused-ring (bicyclic) bond motifs is 4. The summed E-state index contributed by atoms with van der Waals surface area (Å²) in [6.45, 7) is 7.17. The Morgan fingerprint density at radius 1 is 0.407 bits per heavy atom. The maximum absolute atomic E-state index is 14.1. The Kier molecular flexibility index (Phi) is 36.9. The van der Waals surface area contributed by atoms with Gasteiger partial charge in [0.05, 0.1) is 13.2 Å². The molecule has 5 saturated heterocycles. The third-order valence-electron chi connectivity index (χ3n) is 29.3. The van der Waals surface area contributed by atoms with Gasteiger partial charge in [0.15, 0.2) is 64.9 Å². The van der Waals surface area contributed by atoms with E-state index in [1.165, 1.54) is 173 Å². The number of likely N-dealkylation sites (tertiary alicyclic amines) is 1. The lowest BCUT2D eigenvalue weighted by atomic mass is 9.48. The van der Waals surface area contributed by atoms with Crippen molar-refractivity contribution >= 4 is 126 Å². The van der Waals surface area contributed by atoms with E-state index in [9.17, 15) is 135 Å². The van der Waals surface area contributed by atoms with Crippen LogP contribution in [0.4, 0.5) is 70.2 Å². The van der Waals surface area contributed by atoms with Crippen molar-refractivity contribution < 1.29 is 144 Å². The molecule has 13 aliphatic rings. The number of nitrogens with zero attached hydrogens (tertiary/aromatic N) is 4. The van der Waals surface area contributed by atoms with E-state index in [-0.39, 0.29) is 70.7 Å². The second-order valence-electron chi connectivity index (χ2n) is 40.3. The van der Waals surface area contributed by atoms with Gasteiger partial charge in [-0.15, -0.1) is 0 Å². The molecule has 18 rings (SSSR count). The minimum Gasteiger partial charge on any atom is -0.743 e. The lowest BCUT2D eigenvalue weighted by molar-refractivity contribution is -0.247. The van der Waals surface area contributed by atoms with E-state index in [0.717, 1.165) is 87.9 Å². The molecule has 21 nitrogen and oxygen atoms in total. The number of benzene rings is 5. The average Bonchev–Trinajstić information content (AvgIpc) is 0.818. The van der Waals surface area contributed by atoms with E-state index in [1.807, 2.05) is 0 Å². The zero-order valence-electron chi connectivity index (χ0n) is 78.2. The largest absolute Gasteiger partial charge is 0.743 e. The van der Waals surface area contributed by atoms with Crippen LogP contribution in [0.15, 0.2) is 112 Å². The van der Waals surface area contributed by atoms with Crippen molar-refractivity contribution in [2.75, 3.05) is 73.9 Å². The molecule has 4 unspecified atom stereocenters. The molecule has 0 aromatic heterocycles. The molecule has 1 amide bonds. The summed E-state index contributed by atoms with van der Waals surface area (Å²) in [5.41, 5.74) is -11.4. The summed E-state index contributed by atoms with van der Waals surface area (Å²) in [5.74, 6) is 1.35. The average molecular weight is 2170 g/mol. The smallest absolute Gasteiger partial charge is 0.480 e. The molecular weight excluding hydrogens is 2050 g/mol. The first-order chi connectivity index (χ1) is 65.2. The van der Waals surface area contributed by atoms with Gasteiger partial charge in [0.2, 0.25) is 5.78 Å². The van der Waals surface area contributed by atoms with E-state index in [0.29, 0.717) is 82.5 Å². The number of piperidine rings is 2. The van der Waals surface area contributed by atoms with Crippen LogP contribution >= 0.6 is 0 Å². The van der Waals surface area contributed by atoms with Crippen molar-refractivity contribution in [2.45, 2.75) is 291 Å². The zero-order valence-corrected chi connectivity index (χ0v) is 85.6. The number of rotatable bonds is 24. The highest BCUT2D eigenvalue weighted by molar-refractivity contribution is 8.14. The predicted molar refractivity (Wildman–Crippen MR) is 507 cm³/mol. The van der Waals surface area contributed by atoms with Gasteiger partial charge in [0, 0.05) is 86.8 Å². The Bertz CT molecular complexity index is 5670. The van der Waals surface area contributed by atoms with Crippen molar-refractivity contribution in [3.8, 4) is 11.5 Å². The molecule has 5 aromatic rings. The fraction of sp³-hybridized carbons (Fsp3) is 0.702. The summed E-state index contributed by atoms with van der Waals surface area (Å²) in [7, 11) is -38.7. The van der Waals surface area contributed by atoms with Crippen LogP contribution in [0.1, 0.15) is 238 Å². The Morgan fingerprint density at radius 3 is 1.16 bits per heavy atom. The van der Waals surface area contributed by atoms with E-state index < -0.39 is 135 Å². The number of amides is 1. The number of hydrogen-bond donors (Lipinski definition) is 0. The molecule has 0 spiro atoms. The zero-order chi connectivity index (χ0) is 102. The third-order valence-corrected chi connectivity index (χ3v) is 45.7. The SMILES string of the molecule is CC(C)(C)c1ccc([S+]2CCCC2)cc1.O=C(CC12CC3CC(CC(C3)C1)C2)C(F)(F)S(=O)(=O)[N-]S(=O)(=O)C(F)(F)F.O=C(N1CCC2CCCCC2C1)C(F)(F)S(=O)(=O)[N-]S(=O)(=O)C(F)(F)F.O=S(=O)([O-])C(F)(F)C(F)(F)C(F)(F)S(=O)(=O)N1CCC2CCCCC2C1.c1ccc2c([S+]3CCCC3)ccc(OCC3CCCCC3)c2c1.c1ccc2c([S+]3CCCC3)ccc(OCC3CCCCC3)c2c1. The van der Waals surface area contributed by atoms with Crippen LogP contribution in [0.3, 0.4) is 0 Å². The van der Waals surface area contributed by atoms with Crippen LogP contribution in [0, 0.1) is 58.7 Å². The molecule has 0 N–H and O–H groups in total. The normalized spacial score (nSPS) is 25.0. The second-order valence-corrected chi connectivity index (χ2v) is 57.4. The van der Waals surface area contributed by atoms with Crippen LogP contribution < -0.4 is 9.47 Å². The van der Waals surface area contributed by atoms with Crippen molar-refractivity contribution in [1.82, 2.24) is 9.21 Å². The lowest BCUT2D eigenvalue weighted by Gasteiger charge is -2.56. The molecule has 5 aliphatic heterocycles. The molecule has 0 radical (unpaired) electrons. The number of hydrogen-bond acceptors (Lipinski definition) is 17. The maximum Gasteiger partial charge on any atom is 0.480 e. The van der Waals surface area contributed by atoms with Gasteiger partial charge in [0.1, 0.15) is 46.0 Å². The molecule has 4 bridgehead atoms. The molecule has 788 valence electrons. The lowest BCUT2D eigenvalue weighted by Crippen LogP contribution is -2.64. The van der Waals surface area contributed by atoms with Crippen LogP contribution in [-0.2, 0) is 108 Å². The van der Waals surface area contributed by atoms with Crippen molar-refractivity contribution in [3.63, 3.8) is 0 Å². The summed E-state index contributed by atoms with van der Waals surface area (Å²) in [5, 5.41) is -18.5. The Balaban J connectivity index is 0.000000151. The molecule has 13 fully saturated rings. The van der Waals surface area contributed by atoms with Gasteiger partial charge in [0.25, 0.3) is 10.0 Å². The number of alkyl halides is 16. The van der Waals surface area contributed by atoms with Crippen LogP contribution in [0.2, 0.25) is 0 Å². The molecule has 5 heterocycles. The predicted octanol–water partition coefficient (Wildman–Crippen LogP) is 22.6. The van der Waals surface area contributed by atoms with Crippen LogP contribution in [-0.4, -0.2) is 188 Å². The van der Waals surface area contributed by atoms with Crippen molar-refractivity contribution in [3.05, 3.63) is 111 Å². The van der Waals surface area contributed by atoms with Gasteiger partial charge in [-0.25, -0.2) is 50.5 Å². The molecule has 5 aromatic carbocycles. The van der Waals surface area contributed by atoms with Gasteiger partial charge in [-0.3, -0.25) is 9.59 Å². The van der Waals surface area contributed by atoms with Crippen LogP contribution in [0.5, 0.6) is 11.5 Å². The van der Waals surface area contributed by atoms with Crippen LogP contribution in [0.25, 0.3) is 29.8 Å². The topological polar surface area (TPSA) is 315 Å². The molecular formula is C94H124F16N4O17S9. The van der Waals surface area contributed by atoms with E-state index in [4.69, 9.17) is 9.47 Å². The standard InChI is InChI=1S/2C21H27OS.C14H17F5NO5S2.C14H21S.C12H17F6NO5S2.C12H16F5N2O5S2/c2*1-2-8-17(9-3-1)16-22-20-12-13-21(23-14-6-7-15-23)19-11-5-4-10-18(19)20;15-13(16,26(22,23)20-27(24,25)14(17,18)19)11(21)7-12-4-8-1-9(5-12)3-10(2-8)6-12;1-14(2,3)12-6-8-13(9-7-12)15-10-4-5-11-15;13-10(14,12(17,18)26(22,23)24)11(15,16)25(20,21)19-6-5-8-3-1-2-4-9(8)7-19;13-11(14,25(21,22)18-26(23,24)12(15,16)17)10(20)19-6-5-8-3-1-2-4-9(8)7-19/h2*4-5,10-13,17H,1-3,6-9,14-16H2;8-10H,1-7H2;6-9H,4-5,10-11H2,1-3H3;8-9H,1-7H2,(H,22,23,24);8-9H,1-7H2/q2*+1;-1;+1;;-1/p-1. The van der Waals surface area contributed by atoms with Gasteiger partial charge in [-0.2, -0.15) is 74.6 Å². The first-order valence-corrected chi connectivity index (χ1v) is 61.2. The highest BCUT2D eigenvalue weighted by Gasteiger charge is 2.81. The van der Waals surface area contributed by atoms with E-state index in [1.54, 1.807) is 14.7 Å². The van der Waals surface area contributed by atoms with E-state index in [2.05, 4.69) is 118 Å². The Morgan fingerprint density at radius 2 is 0.771 bits per heavy atom. The summed E-state index contributed by atoms with van der Waals surface area (Å²) in [6, 6.07) is 36.3. The number of halogens is 16. The fourth-order valence-corrected chi connectivity index (χ4v) is 35.7. The van der Waals surface area contributed by atoms with Gasteiger partial charge in [-0.1, -0.05) is 146 Å². The number of carbonyl (C=O) groups is 2. The molecule has 46 heteroatoms. The monoisotopic (exact) mass is 2170 g/mol. The first-order valence-electron chi connectivity index (χ1n) is 47.9. The van der Waals surface area contributed by atoms with E-state index >= 15 is 0 Å². The van der Waals surface area contributed by atoms with Gasteiger partial charge >= 0.3 is 43.9 Å². The summed E-state index contributed by atoms with van der Waals surface area (Å²) >= 11 is 0. The summed E-state index contributed by atoms with van der Waals surface area (Å²) < 4.78 is 370. The number of Topliss-reactive ketones (excluding diaryl/α,β-unsaturated/α-hetero) is 1. The third kappa shape index (κ3) is 26.4. The fourth-order valence-electron chi connectivity index (χ4n) is 22.2. The number of carbonyl (C=O) groups excluding carboxylic acids is 2. The van der Waals surface area contributed by atoms with Gasteiger partial charge < -0.3 is 27.2 Å². The number of ketones is 1. The highest BCUT2D eigenvalue weighted by atomic mass is 32.3. The summed E-state index contributed by atoms with van der Waals surface area (Å²) in [4.78, 5) is 29.3. The molecule has 8 saturated carbocycles. The van der Waals surface area contributed by atoms with Crippen molar-refractivity contribution in [1.29, 1.82) is 0 Å². The van der Waals surface area contributed by atoms with Gasteiger partial charge in [-0.05, 0) is 247 Å². The second kappa shape index (κ2) is 45.5. The maximum atomic E-state index is 14.1. The quantitative estimate of drug-likeness (QED) is 0.0315. The minimum atomic E-state index is -7.25. The first kappa shape index (κ1) is 114. The molecule has 8 aliphatic carbocycles. The Labute approximate surface area is 819 Å². The highest BCUT2D eigenvalue weighted by Crippen LogP contribution is 2.63. The minimum absolute atomic E-state index is 0.0130. The Hall–Kier alpha value is -5.17.